The zero-order chi connectivity index (χ0) is 14.9. The number of benzene rings is 1. The van der Waals surface area contributed by atoms with Crippen LogP contribution in [0.3, 0.4) is 0 Å². The molecule has 1 aromatic rings. The molecule has 106 valence electrons. The number of hydrogen-bond acceptors (Lipinski definition) is 5. The van der Waals surface area contributed by atoms with Crippen molar-refractivity contribution < 1.29 is 23.9 Å². The van der Waals surface area contributed by atoms with Crippen LogP contribution in [0.25, 0.3) is 0 Å². The van der Waals surface area contributed by atoms with Gasteiger partial charge < -0.3 is 9.47 Å². The van der Waals surface area contributed by atoms with E-state index in [2.05, 4.69) is 4.74 Å². The molecule has 6 nitrogen and oxygen atoms in total. The first-order chi connectivity index (χ1) is 9.29. The molecule has 6 heteroatoms. The summed E-state index contributed by atoms with van der Waals surface area (Å²) in [5.41, 5.74) is -0.279. The summed E-state index contributed by atoms with van der Waals surface area (Å²) >= 11 is 0. The number of ether oxygens (including phenoxy) is 2. The van der Waals surface area contributed by atoms with Crippen LogP contribution in [-0.4, -0.2) is 28.7 Å². The molecule has 2 amide bonds. The molecule has 0 unspecified atom stereocenters. The number of hydrogen-bond donors (Lipinski definition) is 0. The Bertz CT molecular complexity index is 546. The Kier molecular flexibility index (Phi) is 3.48. The molecule has 1 atom stereocenters. The molecule has 1 heterocycles. The molecule has 0 saturated carbocycles. The average molecular weight is 277 g/mol. The Morgan fingerprint density at radius 3 is 2.35 bits per heavy atom. The second-order valence-corrected chi connectivity index (χ2v) is 5.35. The number of rotatable bonds is 1. The minimum atomic E-state index is -1.10. The number of amides is 2. The maximum Gasteiger partial charge on any atom is 0.428 e. The zero-order valence-electron chi connectivity index (χ0n) is 11.5. The second-order valence-electron chi connectivity index (χ2n) is 5.35. The third-order valence-corrected chi connectivity index (χ3v) is 2.57. The normalized spacial score (nSPS) is 18.9. The lowest BCUT2D eigenvalue weighted by molar-refractivity contribution is -0.136. The van der Waals surface area contributed by atoms with E-state index >= 15 is 0 Å². The topological polar surface area (TPSA) is 72.9 Å². The second kappa shape index (κ2) is 4.96. The van der Waals surface area contributed by atoms with Gasteiger partial charge in [0.15, 0.2) is 6.04 Å². The van der Waals surface area contributed by atoms with Gasteiger partial charge in [-0.15, -0.1) is 0 Å². The highest BCUT2D eigenvalue weighted by atomic mass is 16.6. The number of imide groups is 1. The molecule has 0 aliphatic carbocycles. The predicted octanol–water partition coefficient (Wildman–Crippen LogP) is 2.64. The Morgan fingerprint density at radius 1 is 1.20 bits per heavy atom. The Labute approximate surface area is 116 Å². The lowest BCUT2D eigenvalue weighted by Gasteiger charge is -2.24. The molecule has 0 aromatic heterocycles. The SMILES string of the molecule is CC(C)(C)OC(=O)N1C(=O)OC(=O)[C@H]1c1ccccc1. The lowest BCUT2D eigenvalue weighted by atomic mass is 10.1. The average Bonchev–Trinajstić information content (AvgIpc) is 2.63. The van der Waals surface area contributed by atoms with Crippen LogP contribution >= 0.6 is 0 Å². The summed E-state index contributed by atoms with van der Waals surface area (Å²) in [6.07, 6.45) is -1.92. The van der Waals surface area contributed by atoms with Crippen molar-refractivity contribution in [3.63, 3.8) is 0 Å². The number of nitrogens with zero attached hydrogens (tertiary/aromatic N) is 1. The van der Waals surface area contributed by atoms with E-state index in [0.29, 0.717) is 10.5 Å². The number of esters is 1. The highest BCUT2D eigenvalue weighted by Gasteiger charge is 2.47. The number of carbonyl (C=O) groups is 3. The van der Waals surface area contributed by atoms with E-state index in [1.807, 2.05) is 0 Å². The van der Waals surface area contributed by atoms with E-state index in [1.165, 1.54) is 0 Å². The molecule has 1 saturated heterocycles. The first kappa shape index (κ1) is 14.0. The van der Waals surface area contributed by atoms with Gasteiger partial charge in [-0.2, -0.15) is 4.90 Å². The van der Waals surface area contributed by atoms with Crippen LogP contribution in [0.2, 0.25) is 0 Å². The molecule has 2 rings (SSSR count). The van der Waals surface area contributed by atoms with Crippen LogP contribution in [0, 0.1) is 0 Å². The molecule has 0 N–H and O–H groups in total. The molecule has 1 aromatic carbocycles. The molecule has 0 bridgehead atoms. The summed E-state index contributed by atoms with van der Waals surface area (Å²) in [4.78, 5) is 36.2. The number of cyclic esters (lactones) is 2. The van der Waals surface area contributed by atoms with E-state index in [1.54, 1.807) is 51.1 Å². The van der Waals surface area contributed by atoms with Gasteiger partial charge in [-0.3, -0.25) is 0 Å². The highest BCUT2D eigenvalue weighted by Crippen LogP contribution is 2.30. The van der Waals surface area contributed by atoms with Crippen molar-refractivity contribution in [1.29, 1.82) is 0 Å². The molecule has 1 aliphatic heterocycles. The third-order valence-electron chi connectivity index (χ3n) is 2.57. The van der Waals surface area contributed by atoms with Crippen molar-refractivity contribution in [2.45, 2.75) is 32.4 Å². The Morgan fingerprint density at radius 2 is 1.80 bits per heavy atom. The van der Waals surface area contributed by atoms with Gasteiger partial charge in [0.05, 0.1) is 0 Å². The van der Waals surface area contributed by atoms with Crippen LogP contribution in [-0.2, 0) is 14.3 Å². The summed E-state index contributed by atoms with van der Waals surface area (Å²) in [7, 11) is 0. The maximum absolute atomic E-state index is 12.1. The fourth-order valence-electron chi connectivity index (χ4n) is 1.81. The molecule has 0 radical (unpaired) electrons. The molecule has 0 spiro atoms. The summed E-state index contributed by atoms with van der Waals surface area (Å²) in [6, 6.07) is 7.36. The lowest BCUT2D eigenvalue weighted by Crippen LogP contribution is -2.39. The van der Waals surface area contributed by atoms with E-state index in [0.717, 1.165) is 0 Å². The van der Waals surface area contributed by atoms with Crippen molar-refractivity contribution >= 4 is 18.2 Å². The van der Waals surface area contributed by atoms with Gasteiger partial charge in [-0.05, 0) is 26.3 Å². The summed E-state index contributed by atoms with van der Waals surface area (Å²) < 4.78 is 9.65. The molecule has 20 heavy (non-hydrogen) atoms. The quantitative estimate of drug-likeness (QED) is 0.582. The van der Waals surface area contributed by atoms with Crippen molar-refractivity contribution in [1.82, 2.24) is 4.90 Å². The third kappa shape index (κ3) is 2.79. The Hall–Kier alpha value is -2.37. The van der Waals surface area contributed by atoms with Crippen LogP contribution in [0.15, 0.2) is 30.3 Å². The minimum absolute atomic E-state index is 0.495. The van der Waals surface area contributed by atoms with E-state index in [4.69, 9.17) is 4.74 Å². The molecule has 1 aliphatic rings. The fourth-order valence-corrected chi connectivity index (χ4v) is 1.81. The van der Waals surface area contributed by atoms with Crippen molar-refractivity contribution in [2.24, 2.45) is 0 Å². The van der Waals surface area contributed by atoms with Gasteiger partial charge in [0, 0.05) is 0 Å². The van der Waals surface area contributed by atoms with Crippen LogP contribution in [0.1, 0.15) is 32.4 Å². The highest BCUT2D eigenvalue weighted by molar-refractivity contribution is 6.04. The van der Waals surface area contributed by atoms with Crippen LogP contribution < -0.4 is 0 Å². The molecular formula is C14H15NO5. The van der Waals surface area contributed by atoms with Gasteiger partial charge in [0.25, 0.3) is 0 Å². The van der Waals surface area contributed by atoms with Gasteiger partial charge in [0.1, 0.15) is 5.60 Å². The van der Waals surface area contributed by atoms with Gasteiger partial charge in [-0.1, -0.05) is 30.3 Å². The van der Waals surface area contributed by atoms with Gasteiger partial charge in [0.2, 0.25) is 0 Å². The largest absolute Gasteiger partial charge is 0.443 e. The molecule has 1 fully saturated rings. The monoisotopic (exact) mass is 277 g/mol. The predicted molar refractivity (Wildman–Crippen MR) is 68.7 cm³/mol. The maximum atomic E-state index is 12.1. The summed E-state index contributed by atoms with van der Waals surface area (Å²) in [5, 5.41) is 0. The molecular weight excluding hydrogens is 262 g/mol. The van der Waals surface area contributed by atoms with E-state index < -0.39 is 29.8 Å². The van der Waals surface area contributed by atoms with Crippen LogP contribution in [0.4, 0.5) is 9.59 Å². The first-order valence-electron chi connectivity index (χ1n) is 6.12. The number of carbonyl (C=O) groups excluding carboxylic acids is 3. The standard InChI is InChI=1S/C14H15NO5/c1-14(2,3)20-13(18)15-10(11(16)19-12(15)17)9-7-5-4-6-8-9/h4-8,10H,1-3H3/t10-/m1/s1. The van der Waals surface area contributed by atoms with E-state index in [-0.39, 0.29) is 0 Å². The smallest absolute Gasteiger partial charge is 0.428 e. The van der Waals surface area contributed by atoms with Crippen molar-refractivity contribution in [3.8, 4) is 0 Å². The van der Waals surface area contributed by atoms with E-state index in [9.17, 15) is 14.4 Å². The fraction of sp³-hybridized carbons (Fsp3) is 0.357. The minimum Gasteiger partial charge on any atom is -0.443 e. The van der Waals surface area contributed by atoms with Crippen molar-refractivity contribution in [2.75, 3.05) is 0 Å². The first-order valence-corrected chi connectivity index (χ1v) is 6.12. The van der Waals surface area contributed by atoms with Crippen molar-refractivity contribution in [3.05, 3.63) is 35.9 Å². The van der Waals surface area contributed by atoms with Crippen LogP contribution in [0.5, 0.6) is 0 Å². The zero-order valence-corrected chi connectivity index (χ0v) is 11.5. The summed E-state index contributed by atoms with van der Waals surface area (Å²) in [5.74, 6) is -0.785. The summed E-state index contributed by atoms with van der Waals surface area (Å²) in [6.45, 7) is 5.02. The van der Waals surface area contributed by atoms with Gasteiger partial charge in [-0.25, -0.2) is 14.4 Å². The van der Waals surface area contributed by atoms with Gasteiger partial charge >= 0.3 is 18.2 Å². The Balaban J connectivity index is 2.31.